The van der Waals surface area contributed by atoms with Crippen molar-refractivity contribution in [2.45, 2.75) is 25.5 Å². The lowest BCUT2D eigenvalue weighted by molar-refractivity contribution is 0.514. The highest BCUT2D eigenvalue weighted by atomic mass is 32.2. The summed E-state index contributed by atoms with van der Waals surface area (Å²) in [7, 11) is 0. The first-order valence-corrected chi connectivity index (χ1v) is 6.80. The molecule has 0 aliphatic heterocycles. The molecular formula is C13H16N2OS. The SMILES string of the molecule is CC(C)SCCc1nnc(-c2ccccc2)o1. The summed E-state index contributed by atoms with van der Waals surface area (Å²) in [6.45, 7) is 4.38. The fourth-order valence-electron chi connectivity index (χ4n) is 1.43. The summed E-state index contributed by atoms with van der Waals surface area (Å²) in [4.78, 5) is 0. The molecule has 1 aromatic carbocycles. The summed E-state index contributed by atoms with van der Waals surface area (Å²) in [5.74, 6) is 2.35. The van der Waals surface area contributed by atoms with Gasteiger partial charge in [0.25, 0.3) is 0 Å². The Bertz CT molecular complexity index is 453. The molecule has 0 saturated carbocycles. The molecule has 1 aromatic heterocycles. The molecule has 0 fully saturated rings. The van der Waals surface area contributed by atoms with E-state index in [4.69, 9.17) is 4.42 Å². The Labute approximate surface area is 106 Å². The van der Waals surface area contributed by atoms with Crippen molar-refractivity contribution in [3.63, 3.8) is 0 Å². The summed E-state index contributed by atoms with van der Waals surface area (Å²) in [6.07, 6.45) is 0.836. The lowest BCUT2D eigenvalue weighted by Crippen LogP contribution is -1.94. The van der Waals surface area contributed by atoms with Crippen molar-refractivity contribution in [2.75, 3.05) is 5.75 Å². The topological polar surface area (TPSA) is 38.9 Å². The third-order valence-electron chi connectivity index (χ3n) is 2.25. The molecular weight excluding hydrogens is 232 g/mol. The largest absolute Gasteiger partial charge is 0.421 e. The molecule has 0 bridgehead atoms. The number of aryl methyl sites for hydroxylation is 1. The van der Waals surface area contributed by atoms with E-state index in [1.54, 1.807) is 0 Å². The van der Waals surface area contributed by atoms with Crippen LogP contribution in [0.25, 0.3) is 11.5 Å². The van der Waals surface area contributed by atoms with Crippen LogP contribution in [0.1, 0.15) is 19.7 Å². The molecule has 0 saturated heterocycles. The number of benzene rings is 1. The highest BCUT2D eigenvalue weighted by Gasteiger charge is 2.07. The van der Waals surface area contributed by atoms with Gasteiger partial charge in [-0.25, -0.2) is 0 Å². The van der Waals surface area contributed by atoms with Crippen molar-refractivity contribution in [2.24, 2.45) is 0 Å². The Morgan fingerprint density at radius 3 is 2.65 bits per heavy atom. The smallest absolute Gasteiger partial charge is 0.247 e. The van der Waals surface area contributed by atoms with Gasteiger partial charge in [0.2, 0.25) is 11.8 Å². The third kappa shape index (κ3) is 3.60. The summed E-state index contributed by atoms with van der Waals surface area (Å²) in [5, 5.41) is 8.76. The van der Waals surface area contributed by atoms with Crippen LogP contribution in [-0.4, -0.2) is 21.2 Å². The molecule has 0 amide bonds. The maximum absolute atomic E-state index is 5.62. The van der Waals surface area contributed by atoms with Crippen LogP contribution in [0.4, 0.5) is 0 Å². The lowest BCUT2D eigenvalue weighted by atomic mass is 10.2. The fourth-order valence-corrected chi connectivity index (χ4v) is 2.20. The molecule has 2 rings (SSSR count). The predicted octanol–water partition coefficient (Wildman–Crippen LogP) is 3.42. The molecule has 0 unspecified atom stereocenters. The van der Waals surface area contributed by atoms with E-state index in [2.05, 4.69) is 24.0 Å². The van der Waals surface area contributed by atoms with Crippen LogP contribution in [0.2, 0.25) is 0 Å². The number of aromatic nitrogens is 2. The van der Waals surface area contributed by atoms with Gasteiger partial charge in [-0.3, -0.25) is 0 Å². The molecule has 17 heavy (non-hydrogen) atoms. The Hall–Kier alpha value is -1.29. The molecule has 0 aliphatic rings. The zero-order chi connectivity index (χ0) is 12.1. The maximum atomic E-state index is 5.62. The minimum Gasteiger partial charge on any atom is -0.421 e. The number of nitrogens with zero attached hydrogens (tertiary/aromatic N) is 2. The summed E-state index contributed by atoms with van der Waals surface area (Å²) < 4.78 is 5.62. The Kier molecular flexibility index (Phi) is 4.20. The van der Waals surface area contributed by atoms with Crippen LogP contribution in [-0.2, 0) is 6.42 Å². The van der Waals surface area contributed by atoms with Gasteiger partial charge in [-0.2, -0.15) is 11.8 Å². The van der Waals surface area contributed by atoms with E-state index in [-0.39, 0.29) is 0 Å². The van der Waals surface area contributed by atoms with Crippen LogP contribution in [0, 0.1) is 0 Å². The molecule has 1 heterocycles. The fraction of sp³-hybridized carbons (Fsp3) is 0.385. The second kappa shape index (κ2) is 5.87. The molecule has 0 aliphatic carbocycles. The number of hydrogen-bond acceptors (Lipinski definition) is 4. The van der Waals surface area contributed by atoms with E-state index in [0.717, 1.165) is 23.6 Å². The Morgan fingerprint density at radius 2 is 1.94 bits per heavy atom. The first-order valence-electron chi connectivity index (χ1n) is 5.75. The van der Waals surface area contributed by atoms with E-state index in [0.29, 0.717) is 11.1 Å². The predicted molar refractivity (Wildman–Crippen MR) is 71.0 cm³/mol. The summed E-state index contributed by atoms with van der Waals surface area (Å²) in [5.41, 5.74) is 0.975. The normalized spacial score (nSPS) is 11.0. The highest BCUT2D eigenvalue weighted by molar-refractivity contribution is 7.99. The van der Waals surface area contributed by atoms with Crippen molar-refractivity contribution >= 4 is 11.8 Å². The van der Waals surface area contributed by atoms with Gasteiger partial charge in [0.1, 0.15) is 0 Å². The molecule has 4 heteroatoms. The van der Waals surface area contributed by atoms with Crippen molar-refractivity contribution in [1.29, 1.82) is 0 Å². The Balaban J connectivity index is 1.97. The van der Waals surface area contributed by atoms with Crippen molar-refractivity contribution in [1.82, 2.24) is 10.2 Å². The molecule has 0 spiro atoms. The molecule has 0 atom stereocenters. The second-order valence-corrected chi connectivity index (χ2v) is 5.72. The average Bonchev–Trinajstić information content (AvgIpc) is 2.78. The monoisotopic (exact) mass is 248 g/mol. The molecule has 2 aromatic rings. The number of rotatable bonds is 5. The van der Waals surface area contributed by atoms with Crippen molar-refractivity contribution in [3.05, 3.63) is 36.2 Å². The van der Waals surface area contributed by atoms with Gasteiger partial charge in [-0.05, 0) is 17.4 Å². The molecule has 0 N–H and O–H groups in total. The number of hydrogen-bond donors (Lipinski definition) is 0. The number of thioether (sulfide) groups is 1. The van der Waals surface area contributed by atoms with Gasteiger partial charge in [0, 0.05) is 17.7 Å². The van der Waals surface area contributed by atoms with Gasteiger partial charge in [-0.15, -0.1) is 10.2 Å². The van der Waals surface area contributed by atoms with E-state index in [1.807, 2.05) is 42.1 Å². The standard InChI is InChI=1S/C13H16N2OS/c1-10(2)17-9-8-12-14-15-13(16-12)11-6-4-3-5-7-11/h3-7,10H,8-9H2,1-2H3. The minimum atomic E-state index is 0.607. The van der Waals surface area contributed by atoms with Crippen molar-refractivity contribution in [3.8, 4) is 11.5 Å². The summed E-state index contributed by atoms with van der Waals surface area (Å²) >= 11 is 1.90. The van der Waals surface area contributed by atoms with Gasteiger partial charge < -0.3 is 4.42 Å². The lowest BCUT2D eigenvalue weighted by Gasteiger charge is -2.01. The maximum Gasteiger partial charge on any atom is 0.247 e. The quantitative estimate of drug-likeness (QED) is 0.812. The van der Waals surface area contributed by atoms with E-state index >= 15 is 0 Å². The van der Waals surface area contributed by atoms with Gasteiger partial charge in [0.15, 0.2) is 0 Å². The molecule has 90 valence electrons. The first-order chi connectivity index (χ1) is 8.25. The van der Waals surface area contributed by atoms with E-state index in [9.17, 15) is 0 Å². The van der Waals surface area contributed by atoms with Crippen LogP contribution < -0.4 is 0 Å². The molecule has 0 radical (unpaired) electrons. The van der Waals surface area contributed by atoms with E-state index in [1.165, 1.54) is 0 Å². The van der Waals surface area contributed by atoms with Crippen LogP contribution in [0.5, 0.6) is 0 Å². The van der Waals surface area contributed by atoms with Crippen LogP contribution >= 0.6 is 11.8 Å². The van der Waals surface area contributed by atoms with Gasteiger partial charge >= 0.3 is 0 Å². The Morgan fingerprint density at radius 1 is 1.18 bits per heavy atom. The molecule has 3 nitrogen and oxygen atoms in total. The second-order valence-electron chi connectivity index (χ2n) is 4.04. The highest BCUT2D eigenvalue weighted by Crippen LogP contribution is 2.18. The van der Waals surface area contributed by atoms with Gasteiger partial charge in [-0.1, -0.05) is 32.0 Å². The minimum absolute atomic E-state index is 0.607. The van der Waals surface area contributed by atoms with Crippen LogP contribution in [0.3, 0.4) is 0 Å². The van der Waals surface area contributed by atoms with Crippen molar-refractivity contribution < 1.29 is 4.42 Å². The summed E-state index contributed by atoms with van der Waals surface area (Å²) in [6, 6.07) is 9.85. The first kappa shape index (κ1) is 12.2. The van der Waals surface area contributed by atoms with E-state index < -0.39 is 0 Å². The zero-order valence-electron chi connectivity index (χ0n) is 10.1. The van der Waals surface area contributed by atoms with Crippen LogP contribution in [0.15, 0.2) is 34.7 Å². The third-order valence-corrected chi connectivity index (χ3v) is 3.36. The average molecular weight is 248 g/mol. The van der Waals surface area contributed by atoms with Gasteiger partial charge in [0.05, 0.1) is 0 Å². The zero-order valence-corrected chi connectivity index (χ0v) is 10.9.